The minimum atomic E-state index is -0.423. The summed E-state index contributed by atoms with van der Waals surface area (Å²) in [5, 5.41) is 21.0. The van der Waals surface area contributed by atoms with E-state index in [-0.39, 0.29) is 10.8 Å². The van der Waals surface area contributed by atoms with E-state index in [0.717, 1.165) is 42.4 Å². The summed E-state index contributed by atoms with van der Waals surface area (Å²) in [6.45, 7) is 15.2. The van der Waals surface area contributed by atoms with Crippen LogP contribution in [0.15, 0.2) is 18.2 Å². The third-order valence-electron chi connectivity index (χ3n) is 5.27. The molecular weight excluding hydrogens is 308 g/mol. The molecule has 1 unspecified atom stereocenters. The molecule has 1 atom stereocenters. The van der Waals surface area contributed by atoms with Crippen LogP contribution in [0.4, 0.5) is 0 Å². The molecule has 1 rings (SSSR count). The van der Waals surface area contributed by atoms with E-state index in [4.69, 9.17) is 0 Å². The summed E-state index contributed by atoms with van der Waals surface area (Å²) in [6.07, 6.45) is 8.33. The fourth-order valence-electron chi connectivity index (χ4n) is 3.66. The van der Waals surface area contributed by atoms with E-state index in [1.165, 1.54) is 0 Å². The molecule has 0 heterocycles. The van der Waals surface area contributed by atoms with Gasteiger partial charge in [-0.1, -0.05) is 73.5 Å². The normalized spacial score (nSPS) is 14.2. The first-order chi connectivity index (χ1) is 11.6. The maximum absolute atomic E-state index is 11.1. The number of phenolic OH excluding ortho intramolecular Hbond substituents is 1. The van der Waals surface area contributed by atoms with Gasteiger partial charge in [0.2, 0.25) is 0 Å². The lowest BCUT2D eigenvalue weighted by atomic mass is 9.73. The fraction of sp³-hybridized carbons (Fsp3) is 0.652. The first-order valence-electron chi connectivity index (χ1n) is 9.83. The predicted molar refractivity (Wildman–Crippen MR) is 109 cm³/mol. The van der Waals surface area contributed by atoms with Crippen molar-refractivity contribution in [2.24, 2.45) is 0 Å². The number of aromatic hydroxyl groups is 1. The summed E-state index contributed by atoms with van der Waals surface area (Å²) in [5.41, 5.74) is 2.93. The van der Waals surface area contributed by atoms with E-state index < -0.39 is 6.10 Å². The Hall–Kier alpha value is -1.28. The summed E-state index contributed by atoms with van der Waals surface area (Å²) in [6, 6.07) is 4.19. The quantitative estimate of drug-likeness (QED) is 0.548. The second-order valence-electron chi connectivity index (χ2n) is 8.57. The van der Waals surface area contributed by atoms with Gasteiger partial charge < -0.3 is 10.2 Å². The van der Waals surface area contributed by atoms with Gasteiger partial charge in [0.25, 0.3) is 0 Å². The van der Waals surface area contributed by atoms with E-state index in [1.54, 1.807) is 0 Å². The first kappa shape index (κ1) is 21.8. The molecule has 25 heavy (non-hydrogen) atoms. The smallest absolute Gasteiger partial charge is 0.123 e. The number of aliphatic hydroxyl groups excluding tert-OH is 1. The lowest BCUT2D eigenvalue weighted by Gasteiger charge is -2.32. The largest absolute Gasteiger partial charge is 0.507 e. The zero-order chi connectivity index (χ0) is 19.3. The molecule has 2 N–H and O–H groups in total. The van der Waals surface area contributed by atoms with E-state index in [0.29, 0.717) is 12.2 Å². The van der Waals surface area contributed by atoms with E-state index >= 15 is 0 Å². The van der Waals surface area contributed by atoms with Gasteiger partial charge in [-0.3, -0.25) is 0 Å². The minimum absolute atomic E-state index is 0.0803. The van der Waals surface area contributed by atoms with Crippen LogP contribution in [0.5, 0.6) is 5.75 Å². The highest BCUT2D eigenvalue weighted by Gasteiger charge is 2.30. The molecule has 0 radical (unpaired) electrons. The van der Waals surface area contributed by atoms with Crippen molar-refractivity contribution in [1.29, 1.82) is 0 Å². The molecule has 0 saturated carbocycles. The number of hydrogen-bond acceptors (Lipinski definition) is 2. The molecule has 142 valence electrons. The summed E-state index contributed by atoms with van der Waals surface area (Å²) < 4.78 is 0. The monoisotopic (exact) mass is 346 g/mol. The molecule has 0 amide bonds. The zero-order valence-corrected chi connectivity index (χ0v) is 17.3. The van der Waals surface area contributed by atoms with Crippen LogP contribution >= 0.6 is 0 Å². The fourth-order valence-corrected chi connectivity index (χ4v) is 3.66. The Morgan fingerprint density at radius 3 is 1.72 bits per heavy atom. The topological polar surface area (TPSA) is 40.5 Å². The Morgan fingerprint density at radius 1 is 0.920 bits per heavy atom. The maximum atomic E-state index is 11.1. The maximum Gasteiger partial charge on any atom is 0.123 e. The van der Waals surface area contributed by atoms with Crippen LogP contribution in [0.3, 0.4) is 0 Å². The minimum Gasteiger partial charge on any atom is -0.507 e. The summed E-state index contributed by atoms with van der Waals surface area (Å²) in [4.78, 5) is 0. The van der Waals surface area contributed by atoms with Gasteiger partial charge in [0, 0.05) is 11.1 Å². The highest BCUT2D eigenvalue weighted by molar-refractivity contribution is 5.59. The standard InChI is InChI=1S/C23H38O2/c1-8-13-22(4,5)19-15-17(11-12-18(24)10-3)16-20(21(19)25)23(6,7)14-9-2/h11-12,15-16,18,24-25H,8-10,13-14H2,1-7H3. The summed E-state index contributed by atoms with van der Waals surface area (Å²) >= 11 is 0. The second kappa shape index (κ2) is 8.89. The number of rotatable bonds is 9. The van der Waals surface area contributed by atoms with Crippen molar-refractivity contribution in [1.82, 2.24) is 0 Å². The van der Waals surface area contributed by atoms with Crippen LogP contribution in [0.1, 0.15) is 97.3 Å². The molecule has 0 aliphatic rings. The Morgan fingerprint density at radius 2 is 1.36 bits per heavy atom. The Labute approximate surface area is 155 Å². The van der Waals surface area contributed by atoms with Crippen LogP contribution in [-0.4, -0.2) is 16.3 Å². The van der Waals surface area contributed by atoms with Crippen molar-refractivity contribution in [3.63, 3.8) is 0 Å². The Bertz CT molecular complexity index is 543. The van der Waals surface area contributed by atoms with Crippen LogP contribution in [-0.2, 0) is 10.8 Å². The second-order valence-corrected chi connectivity index (χ2v) is 8.57. The van der Waals surface area contributed by atoms with Crippen LogP contribution in [0.2, 0.25) is 0 Å². The van der Waals surface area contributed by atoms with Gasteiger partial charge in [0.05, 0.1) is 6.10 Å². The third kappa shape index (κ3) is 5.60. The van der Waals surface area contributed by atoms with E-state index in [2.05, 4.69) is 53.7 Å². The lowest BCUT2D eigenvalue weighted by Crippen LogP contribution is -2.22. The average molecular weight is 347 g/mol. The van der Waals surface area contributed by atoms with Crippen molar-refractivity contribution in [2.75, 3.05) is 0 Å². The van der Waals surface area contributed by atoms with Crippen molar-refractivity contribution in [3.05, 3.63) is 34.9 Å². The van der Waals surface area contributed by atoms with E-state index in [9.17, 15) is 10.2 Å². The van der Waals surface area contributed by atoms with Crippen LogP contribution in [0.25, 0.3) is 6.08 Å². The van der Waals surface area contributed by atoms with E-state index in [1.807, 2.05) is 19.1 Å². The number of aliphatic hydroxyl groups is 1. The van der Waals surface area contributed by atoms with Crippen molar-refractivity contribution < 1.29 is 10.2 Å². The Kier molecular flexibility index (Phi) is 7.74. The van der Waals surface area contributed by atoms with Gasteiger partial charge in [0.15, 0.2) is 0 Å². The highest BCUT2D eigenvalue weighted by Crippen LogP contribution is 2.43. The summed E-state index contributed by atoms with van der Waals surface area (Å²) in [7, 11) is 0. The highest BCUT2D eigenvalue weighted by atomic mass is 16.3. The van der Waals surface area contributed by atoms with Gasteiger partial charge in [0.1, 0.15) is 5.75 Å². The van der Waals surface area contributed by atoms with Crippen molar-refractivity contribution in [2.45, 2.75) is 97.5 Å². The predicted octanol–water partition coefficient (Wildman–Crippen LogP) is 6.33. The van der Waals surface area contributed by atoms with Crippen molar-refractivity contribution in [3.8, 4) is 5.75 Å². The van der Waals surface area contributed by atoms with Crippen LogP contribution in [0, 0.1) is 0 Å². The van der Waals surface area contributed by atoms with Gasteiger partial charge >= 0.3 is 0 Å². The van der Waals surface area contributed by atoms with Gasteiger partial charge in [-0.15, -0.1) is 0 Å². The molecule has 0 fully saturated rings. The van der Waals surface area contributed by atoms with Gasteiger partial charge in [-0.2, -0.15) is 0 Å². The molecule has 2 heteroatoms. The average Bonchev–Trinajstić information content (AvgIpc) is 2.52. The number of phenols is 1. The Balaban J connectivity index is 3.53. The molecule has 0 spiro atoms. The SMILES string of the molecule is CCCC(C)(C)c1cc(C=CC(O)CC)cc(C(C)(C)CCC)c1O. The van der Waals surface area contributed by atoms with Gasteiger partial charge in [-0.25, -0.2) is 0 Å². The van der Waals surface area contributed by atoms with Crippen molar-refractivity contribution >= 4 is 6.08 Å². The lowest BCUT2D eigenvalue weighted by molar-refractivity contribution is 0.220. The number of hydrogen-bond donors (Lipinski definition) is 2. The molecule has 0 aliphatic heterocycles. The zero-order valence-electron chi connectivity index (χ0n) is 17.3. The van der Waals surface area contributed by atoms with Gasteiger partial charge in [-0.05, 0) is 47.8 Å². The molecule has 0 saturated heterocycles. The molecule has 1 aromatic carbocycles. The number of benzene rings is 1. The third-order valence-corrected chi connectivity index (χ3v) is 5.27. The molecular formula is C23H38O2. The molecule has 0 aromatic heterocycles. The van der Waals surface area contributed by atoms with Crippen LogP contribution < -0.4 is 0 Å². The molecule has 0 bridgehead atoms. The molecule has 1 aromatic rings. The molecule has 0 aliphatic carbocycles. The molecule has 2 nitrogen and oxygen atoms in total. The first-order valence-corrected chi connectivity index (χ1v) is 9.83. The summed E-state index contributed by atoms with van der Waals surface area (Å²) in [5.74, 6) is 0.449.